The standard InChI is InChI=1S/C15H17Cl2NO3/c1-15(2,3)18(13(19)6-7-14(20)21)9-10-4-5-11(16)8-12(10)17/h4-8H,9H2,1-3H3,(H,20,21)/b7-6+. The molecule has 0 aliphatic carbocycles. The number of hydrogen-bond acceptors (Lipinski definition) is 2. The normalized spacial score (nSPS) is 11.7. The van der Waals surface area contributed by atoms with E-state index in [0.29, 0.717) is 10.0 Å². The maximum absolute atomic E-state index is 12.2. The Morgan fingerprint density at radius 2 is 1.86 bits per heavy atom. The topological polar surface area (TPSA) is 57.6 Å². The van der Waals surface area contributed by atoms with Gasteiger partial charge in [0.2, 0.25) is 5.91 Å². The summed E-state index contributed by atoms with van der Waals surface area (Å²) < 4.78 is 0. The monoisotopic (exact) mass is 329 g/mol. The van der Waals surface area contributed by atoms with Crippen LogP contribution in [0.3, 0.4) is 0 Å². The number of amides is 1. The zero-order chi connectivity index (χ0) is 16.2. The molecule has 0 saturated heterocycles. The predicted octanol–water partition coefficient (Wildman–Crippen LogP) is 3.76. The zero-order valence-electron chi connectivity index (χ0n) is 12.1. The first-order chi connectivity index (χ1) is 9.61. The lowest BCUT2D eigenvalue weighted by molar-refractivity contribution is -0.134. The Morgan fingerprint density at radius 3 is 2.33 bits per heavy atom. The number of halogens is 2. The van der Waals surface area contributed by atoms with E-state index in [-0.39, 0.29) is 6.54 Å². The van der Waals surface area contributed by atoms with Crippen LogP contribution < -0.4 is 0 Å². The molecular formula is C15H17Cl2NO3. The van der Waals surface area contributed by atoms with Gasteiger partial charge in [0.15, 0.2) is 0 Å². The highest BCUT2D eigenvalue weighted by Crippen LogP contribution is 2.25. The van der Waals surface area contributed by atoms with Gasteiger partial charge in [0.25, 0.3) is 0 Å². The van der Waals surface area contributed by atoms with Gasteiger partial charge in [0, 0.05) is 34.3 Å². The van der Waals surface area contributed by atoms with E-state index in [0.717, 1.165) is 17.7 Å². The first kappa shape index (κ1) is 17.5. The highest BCUT2D eigenvalue weighted by Gasteiger charge is 2.25. The summed E-state index contributed by atoms with van der Waals surface area (Å²) in [6, 6.07) is 5.05. The number of carbonyl (C=O) groups excluding carboxylic acids is 1. The number of hydrogen-bond donors (Lipinski definition) is 1. The molecule has 0 atom stereocenters. The fourth-order valence-electron chi connectivity index (χ4n) is 1.70. The molecule has 1 amide bonds. The fraction of sp³-hybridized carbons (Fsp3) is 0.333. The van der Waals surface area contributed by atoms with E-state index in [1.54, 1.807) is 23.1 Å². The van der Waals surface area contributed by atoms with Crippen molar-refractivity contribution in [3.8, 4) is 0 Å². The molecule has 0 bridgehead atoms. The van der Waals surface area contributed by atoms with E-state index >= 15 is 0 Å². The maximum Gasteiger partial charge on any atom is 0.328 e. The second-order valence-electron chi connectivity index (χ2n) is 5.50. The van der Waals surface area contributed by atoms with Gasteiger partial charge in [-0.15, -0.1) is 0 Å². The summed E-state index contributed by atoms with van der Waals surface area (Å²) in [5, 5.41) is 9.60. The van der Waals surface area contributed by atoms with Crippen LogP contribution in [0.2, 0.25) is 10.0 Å². The van der Waals surface area contributed by atoms with Gasteiger partial charge >= 0.3 is 5.97 Å². The Labute approximate surface area is 134 Å². The molecule has 0 heterocycles. The van der Waals surface area contributed by atoms with Crippen LogP contribution >= 0.6 is 23.2 Å². The molecule has 0 aliphatic rings. The Kier molecular flexibility index (Phi) is 5.81. The lowest BCUT2D eigenvalue weighted by Gasteiger charge is -2.35. The van der Waals surface area contributed by atoms with Crippen LogP contribution in [0.4, 0.5) is 0 Å². The summed E-state index contributed by atoms with van der Waals surface area (Å²) in [5.41, 5.74) is 0.260. The van der Waals surface area contributed by atoms with Gasteiger partial charge in [-0.2, -0.15) is 0 Å². The van der Waals surface area contributed by atoms with Crippen molar-refractivity contribution in [2.45, 2.75) is 32.9 Å². The van der Waals surface area contributed by atoms with E-state index in [9.17, 15) is 9.59 Å². The number of carboxylic acid groups (broad SMARTS) is 1. The second kappa shape index (κ2) is 6.96. The maximum atomic E-state index is 12.2. The van der Waals surface area contributed by atoms with Crippen LogP contribution in [0.25, 0.3) is 0 Å². The van der Waals surface area contributed by atoms with Gasteiger partial charge in [-0.25, -0.2) is 4.79 Å². The number of aliphatic carboxylic acids is 1. The predicted molar refractivity (Wildman–Crippen MR) is 83.5 cm³/mol. The van der Waals surface area contributed by atoms with Gasteiger partial charge < -0.3 is 10.0 Å². The van der Waals surface area contributed by atoms with Crippen LogP contribution in [0, 0.1) is 0 Å². The van der Waals surface area contributed by atoms with E-state index in [4.69, 9.17) is 28.3 Å². The smallest absolute Gasteiger partial charge is 0.328 e. The molecule has 0 radical (unpaired) electrons. The number of carboxylic acids is 1. The molecule has 1 aromatic carbocycles. The van der Waals surface area contributed by atoms with Gasteiger partial charge in [-0.3, -0.25) is 4.79 Å². The van der Waals surface area contributed by atoms with E-state index < -0.39 is 17.4 Å². The minimum absolute atomic E-state index is 0.266. The van der Waals surface area contributed by atoms with Crippen LogP contribution in [-0.4, -0.2) is 27.4 Å². The summed E-state index contributed by atoms with van der Waals surface area (Å²) in [6.07, 6.45) is 1.86. The van der Waals surface area contributed by atoms with Crippen molar-refractivity contribution in [3.05, 3.63) is 46.0 Å². The average Bonchev–Trinajstić information content (AvgIpc) is 2.33. The summed E-state index contributed by atoms with van der Waals surface area (Å²) in [5.74, 6) is -1.56. The Morgan fingerprint density at radius 1 is 1.24 bits per heavy atom. The Balaban J connectivity index is 3.04. The molecule has 0 saturated carbocycles. The molecule has 0 aromatic heterocycles. The van der Waals surface area contributed by atoms with Crippen molar-refractivity contribution in [2.75, 3.05) is 0 Å². The van der Waals surface area contributed by atoms with E-state index in [2.05, 4.69) is 0 Å². The molecule has 4 nitrogen and oxygen atoms in total. The molecular weight excluding hydrogens is 313 g/mol. The lowest BCUT2D eigenvalue weighted by Crippen LogP contribution is -2.44. The number of benzene rings is 1. The third kappa shape index (κ3) is 5.40. The van der Waals surface area contributed by atoms with Crippen molar-refractivity contribution in [1.82, 2.24) is 4.90 Å². The van der Waals surface area contributed by atoms with Gasteiger partial charge in [0.1, 0.15) is 0 Å². The Bertz CT molecular complexity index is 577. The molecule has 0 aliphatic heterocycles. The Hall–Kier alpha value is -1.52. The average molecular weight is 330 g/mol. The van der Waals surface area contributed by atoms with Crippen LogP contribution in [0.15, 0.2) is 30.4 Å². The molecule has 1 aromatic rings. The number of carbonyl (C=O) groups is 2. The first-order valence-corrected chi connectivity index (χ1v) is 7.03. The number of rotatable bonds is 4. The second-order valence-corrected chi connectivity index (χ2v) is 6.35. The summed E-state index contributed by atoms with van der Waals surface area (Å²) in [6.45, 7) is 5.86. The quantitative estimate of drug-likeness (QED) is 0.855. The largest absolute Gasteiger partial charge is 0.478 e. The van der Waals surface area contributed by atoms with Gasteiger partial charge in [0.05, 0.1) is 0 Å². The van der Waals surface area contributed by atoms with Crippen molar-refractivity contribution in [1.29, 1.82) is 0 Å². The molecule has 0 unspecified atom stereocenters. The SMILES string of the molecule is CC(C)(C)N(Cc1ccc(Cl)cc1Cl)C(=O)/C=C/C(=O)O. The third-order valence-corrected chi connectivity index (χ3v) is 3.37. The van der Waals surface area contributed by atoms with Crippen molar-refractivity contribution in [2.24, 2.45) is 0 Å². The minimum atomic E-state index is -1.17. The van der Waals surface area contributed by atoms with Crippen LogP contribution in [0.5, 0.6) is 0 Å². The van der Waals surface area contributed by atoms with Gasteiger partial charge in [-0.1, -0.05) is 29.3 Å². The molecule has 1 N–H and O–H groups in total. The lowest BCUT2D eigenvalue weighted by atomic mass is 10.0. The van der Waals surface area contributed by atoms with Crippen molar-refractivity contribution < 1.29 is 14.7 Å². The summed E-state index contributed by atoms with van der Waals surface area (Å²) in [7, 11) is 0. The van der Waals surface area contributed by atoms with Crippen molar-refractivity contribution >= 4 is 35.1 Å². The third-order valence-electron chi connectivity index (χ3n) is 2.79. The molecule has 21 heavy (non-hydrogen) atoms. The zero-order valence-corrected chi connectivity index (χ0v) is 13.6. The molecule has 0 spiro atoms. The molecule has 1 rings (SSSR count). The fourth-order valence-corrected chi connectivity index (χ4v) is 2.17. The van der Waals surface area contributed by atoms with E-state index in [1.165, 1.54) is 0 Å². The summed E-state index contributed by atoms with van der Waals surface area (Å²) in [4.78, 5) is 24.3. The minimum Gasteiger partial charge on any atom is -0.478 e. The van der Waals surface area contributed by atoms with Crippen LogP contribution in [-0.2, 0) is 16.1 Å². The van der Waals surface area contributed by atoms with E-state index in [1.807, 2.05) is 20.8 Å². The number of nitrogens with zero attached hydrogens (tertiary/aromatic N) is 1. The van der Waals surface area contributed by atoms with Crippen LogP contribution in [0.1, 0.15) is 26.3 Å². The highest BCUT2D eigenvalue weighted by molar-refractivity contribution is 6.35. The summed E-state index contributed by atoms with van der Waals surface area (Å²) >= 11 is 12.0. The van der Waals surface area contributed by atoms with Gasteiger partial charge in [-0.05, 0) is 38.5 Å². The molecule has 6 heteroatoms. The molecule has 114 valence electrons. The highest BCUT2D eigenvalue weighted by atomic mass is 35.5. The molecule has 0 fully saturated rings. The first-order valence-electron chi connectivity index (χ1n) is 6.28. The van der Waals surface area contributed by atoms with Crippen molar-refractivity contribution in [3.63, 3.8) is 0 Å².